The van der Waals surface area contributed by atoms with Crippen molar-refractivity contribution in [2.24, 2.45) is 0 Å². The SMILES string of the molecule is Cc1ccnc(C(C)C)c1-n1c(=O)nc(N2CCN(C(=O)OC(C)(C)C)C[C@@H]2CO)c2c(Br)c(F)c(Cl)c(F)c21.Cc1ccnc(C(C)C)c1-n1c(=O)nc2c3c(c(F)c(Cl)c(F)c31)OC[C@H]1CN(C(=O)OC(C)(C)C)CCN21. The summed E-state index contributed by atoms with van der Waals surface area (Å²) < 4.78 is 81.4. The van der Waals surface area contributed by atoms with E-state index in [1.165, 1.54) is 9.80 Å². The van der Waals surface area contributed by atoms with Crippen LogP contribution in [0.2, 0.25) is 10.0 Å². The summed E-state index contributed by atoms with van der Waals surface area (Å²) in [6, 6.07) is 2.14. The highest BCUT2D eigenvalue weighted by molar-refractivity contribution is 9.10. The molecule has 2 fully saturated rings. The molecule has 0 bridgehead atoms. The van der Waals surface area contributed by atoms with Gasteiger partial charge in [-0.3, -0.25) is 19.1 Å². The van der Waals surface area contributed by atoms with Crippen molar-refractivity contribution in [2.75, 3.05) is 62.3 Å². The largest absolute Gasteiger partial charge is 0.487 e. The van der Waals surface area contributed by atoms with Gasteiger partial charge in [0, 0.05) is 51.7 Å². The quantitative estimate of drug-likeness (QED) is 0.0941. The van der Waals surface area contributed by atoms with Crippen LogP contribution in [0.15, 0.2) is 38.6 Å². The number of aryl methyl sites for hydroxylation is 2. The van der Waals surface area contributed by atoms with Gasteiger partial charge in [-0.15, -0.1) is 0 Å². The summed E-state index contributed by atoms with van der Waals surface area (Å²) in [6.45, 7) is 22.2. The molecule has 0 spiro atoms. The smallest absolute Gasteiger partial charge is 0.410 e. The summed E-state index contributed by atoms with van der Waals surface area (Å²) in [5.74, 6) is -4.88. The normalized spacial score (nSPS) is 16.7. The predicted molar refractivity (Wildman–Crippen MR) is 296 cm³/mol. The zero-order valence-corrected chi connectivity index (χ0v) is 48.8. The molecule has 4 aromatic heterocycles. The molecule has 2 saturated heterocycles. The fourth-order valence-corrected chi connectivity index (χ4v) is 11.0. The number of aliphatic hydroxyl groups is 1. The number of anilines is 2. The number of carbonyl (C=O) groups is 2. The summed E-state index contributed by atoms with van der Waals surface area (Å²) in [6.07, 6.45) is 2.16. The zero-order valence-electron chi connectivity index (χ0n) is 45.7. The van der Waals surface area contributed by atoms with Gasteiger partial charge in [-0.25, -0.2) is 36.7 Å². The van der Waals surface area contributed by atoms with Gasteiger partial charge in [-0.05, 0) is 106 Å². The van der Waals surface area contributed by atoms with Crippen LogP contribution in [0.4, 0.5) is 38.8 Å². The maximum Gasteiger partial charge on any atom is 0.410 e. The molecule has 3 aliphatic rings. The number of benzene rings is 2. The van der Waals surface area contributed by atoms with Crippen molar-refractivity contribution in [2.45, 2.75) is 118 Å². The standard InChI is InChI=1S/C27H31BrClF2N5O4.C27H30ClF2N5O4/c1-13(2)21-22(14(3)7-8-32-21)36-23-16(17(28)19(30)18(29)20(23)31)24(33-25(36)38)35-10-9-34(11-15(35)12-37)26(39)40-27(4,5)6;1-13(2)20-21(14(3)7-8-31-20)35-22-16-23(19(30)17(28)18(22)29)38-12-15-11-33(26(37)39-27(4,5)6)9-10-34(15)24(16)32-25(35)36/h7-8,13,15,37H,9-12H2,1-6H3;7-8,13,15H,9-12H2,1-6H3/t2*15-/m11/s1. The number of carbonyl (C=O) groups excluding carboxylic acids is 2. The first-order chi connectivity index (χ1) is 37.0. The Labute approximate surface area is 471 Å². The Bertz CT molecular complexity index is 3560. The molecule has 3 aliphatic heterocycles. The van der Waals surface area contributed by atoms with E-state index >= 15 is 17.6 Å². The molecule has 424 valence electrons. The molecule has 6 aromatic rings. The van der Waals surface area contributed by atoms with Crippen molar-refractivity contribution >= 4 is 84.8 Å². The van der Waals surface area contributed by atoms with Gasteiger partial charge in [0.2, 0.25) is 0 Å². The van der Waals surface area contributed by atoms with E-state index in [1.807, 2.05) is 27.7 Å². The number of fused-ring (bicyclic) bond motifs is 3. The van der Waals surface area contributed by atoms with Gasteiger partial charge in [-0.1, -0.05) is 50.9 Å². The first kappa shape index (κ1) is 58.8. The van der Waals surface area contributed by atoms with Crippen LogP contribution in [-0.2, 0) is 9.47 Å². The van der Waals surface area contributed by atoms with Gasteiger partial charge < -0.3 is 38.9 Å². The molecule has 9 rings (SSSR count). The third kappa shape index (κ3) is 11.2. The topological polar surface area (TPSA) is 191 Å². The number of aromatic nitrogens is 6. The lowest BCUT2D eigenvalue weighted by Gasteiger charge is -2.42. The minimum Gasteiger partial charge on any atom is -0.487 e. The highest BCUT2D eigenvalue weighted by Gasteiger charge is 2.41. The van der Waals surface area contributed by atoms with Crippen LogP contribution in [0.5, 0.6) is 5.75 Å². The second kappa shape index (κ2) is 22.3. The van der Waals surface area contributed by atoms with E-state index in [0.717, 1.165) is 9.13 Å². The van der Waals surface area contributed by atoms with E-state index < -0.39 is 86.8 Å². The lowest BCUT2D eigenvalue weighted by molar-refractivity contribution is 0.0188. The first-order valence-corrected chi connectivity index (χ1v) is 27.1. The van der Waals surface area contributed by atoms with E-state index in [9.17, 15) is 24.3 Å². The van der Waals surface area contributed by atoms with Gasteiger partial charge in [0.1, 0.15) is 50.5 Å². The monoisotopic (exact) mass is 1200 g/mol. The van der Waals surface area contributed by atoms with Gasteiger partial charge >= 0.3 is 23.6 Å². The van der Waals surface area contributed by atoms with E-state index in [2.05, 4.69) is 35.9 Å². The lowest BCUT2D eigenvalue weighted by atomic mass is 10.0. The molecule has 0 aliphatic carbocycles. The fourth-order valence-electron chi connectivity index (χ4n) is 9.93. The molecular formula is C54H61BrCl2F4N10O8. The molecular weight excluding hydrogens is 1140 g/mol. The summed E-state index contributed by atoms with van der Waals surface area (Å²) >= 11 is 15.4. The van der Waals surface area contributed by atoms with Crippen molar-refractivity contribution < 1.29 is 46.5 Å². The highest BCUT2D eigenvalue weighted by atomic mass is 79.9. The van der Waals surface area contributed by atoms with Crippen LogP contribution in [0.25, 0.3) is 33.2 Å². The molecule has 2 amide bonds. The minimum atomic E-state index is -1.14. The number of rotatable bonds is 6. The summed E-state index contributed by atoms with van der Waals surface area (Å²) in [7, 11) is 0. The van der Waals surface area contributed by atoms with Gasteiger partial charge in [0.15, 0.2) is 29.0 Å². The van der Waals surface area contributed by atoms with Gasteiger partial charge in [0.05, 0.1) is 56.7 Å². The number of ether oxygens (including phenoxy) is 3. The number of piperazine rings is 2. The lowest BCUT2D eigenvalue weighted by Crippen LogP contribution is -2.57. The van der Waals surface area contributed by atoms with Crippen LogP contribution in [0.3, 0.4) is 0 Å². The Morgan fingerprint density at radius 2 is 1.15 bits per heavy atom. The molecule has 79 heavy (non-hydrogen) atoms. The summed E-state index contributed by atoms with van der Waals surface area (Å²) in [4.78, 5) is 76.7. The molecule has 1 N–H and O–H groups in total. The van der Waals surface area contributed by atoms with Crippen molar-refractivity contribution in [1.82, 2.24) is 38.9 Å². The van der Waals surface area contributed by atoms with Crippen LogP contribution < -0.4 is 25.9 Å². The van der Waals surface area contributed by atoms with E-state index in [1.54, 1.807) is 89.7 Å². The van der Waals surface area contributed by atoms with E-state index in [4.69, 9.17) is 37.4 Å². The third-order valence-electron chi connectivity index (χ3n) is 13.5. The molecule has 0 radical (unpaired) electrons. The summed E-state index contributed by atoms with van der Waals surface area (Å²) in [5.41, 5.74) is -0.464. The van der Waals surface area contributed by atoms with Crippen molar-refractivity contribution in [3.8, 4) is 17.1 Å². The third-order valence-corrected chi connectivity index (χ3v) is 14.9. The van der Waals surface area contributed by atoms with Gasteiger partial charge in [0.25, 0.3) is 0 Å². The molecule has 0 unspecified atom stereocenters. The van der Waals surface area contributed by atoms with E-state index in [0.29, 0.717) is 33.9 Å². The Kier molecular flexibility index (Phi) is 16.6. The average Bonchev–Trinajstić information content (AvgIpc) is 3.85. The average molecular weight is 1200 g/mol. The Morgan fingerprint density at radius 3 is 1.62 bits per heavy atom. The number of hydrogen-bond acceptors (Lipinski definition) is 14. The van der Waals surface area contributed by atoms with Crippen LogP contribution >= 0.6 is 39.1 Å². The highest BCUT2D eigenvalue weighted by Crippen LogP contribution is 2.45. The van der Waals surface area contributed by atoms with Crippen LogP contribution in [-0.4, -0.2) is 132 Å². The number of hydrogen-bond donors (Lipinski definition) is 1. The van der Waals surface area contributed by atoms with Crippen molar-refractivity contribution in [1.29, 1.82) is 0 Å². The fraction of sp³-hybridized carbons (Fsp3) is 0.481. The van der Waals surface area contributed by atoms with E-state index in [-0.39, 0.29) is 101 Å². The Morgan fingerprint density at radius 1 is 0.709 bits per heavy atom. The maximum absolute atomic E-state index is 15.9. The molecule has 2 atom stereocenters. The second-order valence-electron chi connectivity index (χ2n) is 22.2. The van der Waals surface area contributed by atoms with Crippen LogP contribution in [0.1, 0.15) is 104 Å². The molecule has 18 nitrogen and oxygen atoms in total. The van der Waals surface area contributed by atoms with Crippen molar-refractivity contribution in [3.05, 3.63) is 106 Å². The molecule has 25 heteroatoms. The van der Waals surface area contributed by atoms with Gasteiger partial charge in [-0.2, -0.15) is 9.97 Å². The maximum atomic E-state index is 15.9. The summed E-state index contributed by atoms with van der Waals surface area (Å²) in [5, 5.41) is 8.65. The van der Waals surface area contributed by atoms with Crippen LogP contribution in [0, 0.1) is 37.1 Å². The zero-order chi connectivity index (χ0) is 58.1. The second-order valence-corrected chi connectivity index (χ2v) is 23.7. The number of aliphatic hydroxyl groups excluding tert-OH is 1. The first-order valence-electron chi connectivity index (χ1n) is 25.5. The molecule has 0 saturated carbocycles. The number of nitrogens with zero attached hydrogens (tertiary/aromatic N) is 10. The minimum absolute atomic E-state index is 0.000164. The molecule has 7 heterocycles. The molecule has 2 aromatic carbocycles. The Hall–Kier alpha value is -6.30. The van der Waals surface area contributed by atoms with Crippen molar-refractivity contribution in [3.63, 3.8) is 0 Å². The number of halogens is 7. The number of pyridine rings is 2. The Balaban J connectivity index is 0.000000208. The predicted octanol–water partition coefficient (Wildman–Crippen LogP) is 10.3. The number of amides is 2.